The van der Waals surface area contributed by atoms with Gasteiger partial charge in [-0.05, 0) is 31.0 Å². The van der Waals surface area contributed by atoms with Gasteiger partial charge in [0, 0.05) is 5.69 Å². The average Bonchev–Trinajstić information content (AvgIpc) is 2.76. The second-order valence-electron chi connectivity index (χ2n) is 6.14. The van der Waals surface area contributed by atoms with Gasteiger partial charge < -0.3 is 10.6 Å². The van der Waals surface area contributed by atoms with Crippen LogP contribution < -0.4 is 10.6 Å². The van der Waals surface area contributed by atoms with Gasteiger partial charge in [-0.1, -0.05) is 30.9 Å². The summed E-state index contributed by atoms with van der Waals surface area (Å²) < 4.78 is 13.4. The first-order chi connectivity index (χ1) is 11.4. The van der Waals surface area contributed by atoms with E-state index in [1.165, 1.54) is 12.1 Å². The van der Waals surface area contributed by atoms with Crippen LogP contribution >= 0.6 is 11.6 Å². The van der Waals surface area contributed by atoms with Crippen molar-refractivity contribution in [3.63, 3.8) is 0 Å². The molecule has 1 aliphatic carbocycles. The molecule has 4 amide bonds. The monoisotopic (exact) mass is 353 g/mol. The van der Waals surface area contributed by atoms with E-state index in [0.717, 1.165) is 30.2 Å². The van der Waals surface area contributed by atoms with Crippen LogP contribution in [0.25, 0.3) is 0 Å². The van der Waals surface area contributed by atoms with Gasteiger partial charge in [-0.25, -0.2) is 9.18 Å². The molecule has 8 heteroatoms. The van der Waals surface area contributed by atoms with Crippen LogP contribution in [0.1, 0.15) is 32.1 Å². The summed E-state index contributed by atoms with van der Waals surface area (Å²) in [7, 11) is 0. The van der Waals surface area contributed by atoms with Gasteiger partial charge in [0.15, 0.2) is 0 Å². The molecule has 2 fully saturated rings. The Balaban J connectivity index is 1.66. The summed E-state index contributed by atoms with van der Waals surface area (Å²) in [6.07, 6.45) is 3.97. The van der Waals surface area contributed by atoms with E-state index < -0.39 is 29.8 Å². The molecule has 1 heterocycles. The molecule has 2 aliphatic rings. The van der Waals surface area contributed by atoms with E-state index in [1.807, 2.05) is 0 Å². The van der Waals surface area contributed by atoms with Crippen LogP contribution in [0.4, 0.5) is 14.9 Å². The maximum Gasteiger partial charge on any atom is 0.325 e. The van der Waals surface area contributed by atoms with Crippen LogP contribution in [0.2, 0.25) is 5.02 Å². The van der Waals surface area contributed by atoms with Crippen LogP contribution in [0.15, 0.2) is 18.2 Å². The van der Waals surface area contributed by atoms with Crippen LogP contribution in [0, 0.1) is 5.82 Å². The third-order valence-corrected chi connectivity index (χ3v) is 4.76. The summed E-state index contributed by atoms with van der Waals surface area (Å²) in [5.74, 6) is -1.59. The minimum atomic E-state index is -0.859. The second kappa shape index (κ2) is 6.39. The molecule has 2 N–H and O–H groups in total. The van der Waals surface area contributed by atoms with E-state index in [4.69, 9.17) is 11.6 Å². The number of amides is 4. The van der Waals surface area contributed by atoms with E-state index >= 15 is 0 Å². The minimum Gasteiger partial charge on any atom is -0.324 e. The van der Waals surface area contributed by atoms with Gasteiger partial charge in [-0.2, -0.15) is 0 Å². The average molecular weight is 354 g/mol. The Morgan fingerprint density at radius 1 is 1.29 bits per heavy atom. The summed E-state index contributed by atoms with van der Waals surface area (Å²) in [6, 6.07) is 3.28. The van der Waals surface area contributed by atoms with Crippen molar-refractivity contribution in [1.29, 1.82) is 0 Å². The first-order valence-electron chi connectivity index (χ1n) is 7.80. The highest BCUT2D eigenvalue weighted by Gasteiger charge is 2.51. The molecular weight excluding hydrogens is 337 g/mol. The molecule has 3 rings (SSSR count). The van der Waals surface area contributed by atoms with Gasteiger partial charge in [0.05, 0.1) is 5.02 Å². The largest absolute Gasteiger partial charge is 0.325 e. The number of nitrogens with zero attached hydrogens (tertiary/aromatic N) is 1. The molecule has 0 aromatic heterocycles. The summed E-state index contributed by atoms with van der Waals surface area (Å²) in [5.41, 5.74) is -0.650. The molecule has 1 aromatic rings. The third-order valence-electron chi connectivity index (χ3n) is 4.46. The zero-order valence-electron chi connectivity index (χ0n) is 12.9. The lowest BCUT2D eigenvalue weighted by atomic mass is 9.82. The fourth-order valence-electron chi connectivity index (χ4n) is 3.23. The maximum absolute atomic E-state index is 13.4. The van der Waals surface area contributed by atoms with Crippen molar-refractivity contribution in [3.8, 4) is 0 Å². The van der Waals surface area contributed by atoms with E-state index in [-0.39, 0.29) is 16.6 Å². The summed E-state index contributed by atoms with van der Waals surface area (Å²) in [4.78, 5) is 37.7. The quantitative estimate of drug-likeness (QED) is 0.820. The number of urea groups is 1. The van der Waals surface area contributed by atoms with Crippen LogP contribution in [-0.4, -0.2) is 34.8 Å². The SMILES string of the molecule is O=C(CN1C(=O)NC2(CCCCC2)C1=O)Nc1ccc(Cl)c(F)c1. The number of hydrogen-bond donors (Lipinski definition) is 2. The van der Waals surface area contributed by atoms with Crippen molar-refractivity contribution in [2.24, 2.45) is 0 Å². The number of imide groups is 1. The molecule has 1 saturated carbocycles. The van der Waals surface area contributed by atoms with Gasteiger partial charge in [0.1, 0.15) is 17.9 Å². The first kappa shape index (κ1) is 16.7. The Bertz CT molecular complexity index is 704. The van der Waals surface area contributed by atoms with Crippen molar-refractivity contribution < 1.29 is 18.8 Å². The summed E-state index contributed by atoms with van der Waals surface area (Å²) >= 11 is 5.58. The number of halogens is 2. The molecular formula is C16H17ClFN3O3. The van der Waals surface area contributed by atoms with Gasteiger partial charge in [0.25, 0.3) is 5.91 Å². The zero-order valence-corrected chi connectivity index (χ0v) is 13.7. The topological polar surface area (TPSA) is 78.5 Å². The lowest BCUT2D eigenvalue weighted by molar-refractivity contribution is -0.134. The number of hydrogen-bond acceptors (Lipinski definition) is 3. The number of carbonyl (C=O) groups is 3. The predicted octanol–water partition coefficient (Wildman–Crippen LogP) is 2.67. The molecule has 24 heavy (non-hydrogen) atoms. The molecule has 1 aromatic carbocycles. The molecule has 128 valence electrons. The first-order valence-corrected chi connectivity index (χ1v) is 8.18. The van der Waals surface area contributed by atoms with Crippen molar-refractivity contribution >= 4 is 35.1 Å². The highest BCUT2D eigenvalue weighted by Crippen LogP contribution is 2.33. The highest BCUT2D eigenvalue weighted by molar-refractivity contribution is 6.30. The minimum absolute atomic E-state index is 0.0543. The highest BCUT2D eigenvalue weighted by atomic mass is 35.5. The van der Waals surface area contributed by atoms with Crippen molar-refractivity contribution in [2.45, 2.75) is 37.6 Å². The molecule has 0 unspecified atom stereocenters. The lowest BCUT2D eigenvalue weighted by Gasteiger charge is -2.30. The lowest BCUT2D eigenvalue weighted by Crippen LogP contribution is -2.48. The van der Waals surface area contributed by atoms with Crippen LogP contribution in [-0.2, 0) is 9.59 Å². The standard InChI is InChI=1S/C16H17ClFN3O3/c17-11-5-4-10(8-12(11)18)19-13(22)9-21-14(23)16(20-15(21)24)6-2-1-3-7-16/h4-5,8H,1-3,6-7,9H2,(H,19,22)(H,20,24). The fraction of sp³-hybridized carbons (Fsp3) is 0.438. The number of benzene rings is 1. The smallest absolute Gasteiger partial charge is 0.324 e. The Morgan fingerprint density at radius 2 is 2.00 bits per heavy atom. The van der Waals surface area contributed by atoms with Gasteiger partial charge in [0.2, 0.25) is 5.91 Å². The molecule has 1 saturated heterocycles. The second-order valence-corrected chi connectivity index (χ2v) is 6.55. The van der Waals surface area contributed by atoms with E-state index in [1.54, 1.807) is 0 Å². The zero-order chi connectivity index (χ0) is 17.3. The van der Waals surface area contributed by atoms with Crippen LogP contribution in [0.3, 0.4) is 0 Å². The Hall–Kier alpha value is -2.15. The van der Waals surface area contributed by atoms with Crippen molar-refractivity contribution in [2.75, 3.05) is 11.9 Å². The number of carbonyl (C=O) groups excluding carboxylic acids is 3. The molecule has 0 bridgehead atoms. The van der Waals surface area contributed by atoms with Gasteiger partial charge in [-0.15, -0.1) is 0 Å². The molecule has 1 aliphatic heterocycles. The Morgan fingerprint density at radius 3 is 2.67 bits per heavy atom. The predicted molar refractivity (Wildman–Crippen MR) is 86.1 cm³/mol. The van der Waals surface area contributed by atoms with E-state index in [2.05, 4.69) is 10.6 Å². The molecule has 1 spiro atoms. The maximum atomic E-state index is 13.4. The van der Waals surface area contributed by atoms with Gasteiger partial charge >= 0.3 is 6.03 Å². The molecule has 0 atom stereocenters. The number of rotatable bonds is 3. The normalized spacial score (nSPS) is 19.5. The number of anilines is 1. The fourth-order valence-corrected chi connectivity index (χ4v) is 3.35. The van der Waals surface area contributed by atoms with Gasteiger partial charge in [-0.3, -0.25) is 14.5 Å². The molecule has 0 radical (unpaired) electrons. The van der Waals surface area contributed by atoms with Crippen LogP contribution in [0.5, 0.6) is 0 Å². The van der Waals surface area contributed by atoms with Crippen molar-refractivity contribution in [1.82, 2.24) is 10.2 Å². The summed E-state index contributed by atoms with van der Waals surface area (Å²) in [6.45, 7) is -0.406. The number of nitrogens with one attached hydrogen (secondary N) is 2. The Kier molecular flexibility index (Phi) is 4.45. The molecule has 6 nitrogen and oxygen atoms in total. The van der Waals surface area contributed by atoms with E-state index in [9.17, 15) is 18.8 Å². The third kappa shape index (κ3) is 3.08. The van der Waals surface area contributed by atoms with E-state index in [0.29, 0.717) is 12.8 Å². The summed E-state index contributed by atoms with van der Waals surface area (Å²) in [5, 5.41) is 5.14. The Labute approximate surface area is 143 Å². The van der Waals surface area contributed by atoms with Crippen molar-refractivity contribution in [3.05, 3.63) is 29.0 Å².